The predicted octanol–water partition coefficient (Wildman–Crippen LogP) is 2.84. The Bertz CT molecular complexity index is 1490. The zero-order valence-electron chi connectivity index (χ0n) is 19.1. The molecule has 0 radical (unpaired) electrons. The Morgan fingerprint density at radius 2 is 1.91 bits per heavy atom. The van der Waals surface area contributed by atoms with Gasteiger partial charge in [0.05, 0.1) is 18.4 Å². The third kappa shape index (κ3) is 4.46. The van der Waals surface area contributed by atoms with Gasteiger partial charge in [-0.25, -0.2) is 18.1 Å². The first-order valence-electron chi connectivity index (χ1n) is 11.1. The number of pyridine rings is 1. The number of nitrogens with one attached hydrogen (secondary N) is 2. The van der Waals surface area contributed by atoms with Crippen LogP contribution in [0.2, 0.25) is 0 Å². The van der Waals surface area contributed by atoms with E-state index < -0.39 is 10.0 Å². The number of imidazole rings is 1. The van der Waals surface area contributed by atoms with Gasteiger partial charge in [0.15, 0.2) is 0 Å². The minimum absolute atomic E-state index is 0.0142. The fourth-order valence-electron chi connectivity index (χ4n) is 4.21. The highest BCUT2D eigenvalue weighted by atomic mass is 32.2. The second-order valence-corrected chi connectivity index (χ2v) is 10.7. The molecular formula is C24H27N7O2S. The lowest BCUT2D eigenvalue weighted by Gasteiger charge is -2.13. The normalized spacial score (nSPS) is 14.1. The van der Waals surface area contributed by atoms with Crippen molar-refractivity contribution >= 4 is 21.5 Å². The molecule has 3 aromatic heterocycles. The zero-order valence-corrected chi connectivity index (χ0v) is 19.9. The fourth-order valence-corrected chi connectivity index (χ4v) is 5.16. The standard InChI is InChI=1S/C24H27N7O2S/c1-15-7-19(24(25)26)8-16(2)22(15)10-28-34(32,33)21-9-27-31(14-21)13-20-12-30-11-18(17-3-4-17)5-6-23(30)29-20/h5-9,11-12,14,17,28H,3-4,10,13H2,1-2H3,(H3,25,26). The number of benzene rings is 1. The molecule has 9 nitrogen and oxygen atoms in total. The maximum absolute atomic E-state index is 12.9. The van der Waals surface area contributed by atoms with E-state index in [0.717, 1.165) is 28.0 Å². The summed E-state index contributed by atoms with van der Waals surface area (Å²) in [6.07, 6.45) is 9.44. The molecule has 0 unspecified atom stereocenters. The minimum atomic E-state index is -3.75. The number of nitrogen functional groups attached to an aromatic ring is 1. The molecule has 1 fully saturated rings. The Hall–Kier alpha value is -3.50. The second kappa shape index (κ2) is 8.37. The number of amidine groups is 1. The van der Waals surface area contributed by atoms with Crippen molar-refractivity contribution in [3.63, 3.8) is 0 Å². The van der Waals surface area contributed by atoms with Crippen LogP contribution in [0.15, 0.2) is 53.9 Å². The number of rotatable bonds is 8. The second-order valence-electron chi connectivity index (χ2n) is 8.93. The van der Waals surface area contributed by atoms with E-state index in [0.29, 0.717) is 18.0 Å². The van der Waals surface area contributed by atoms with Gasteiger partial charge in [0.25, 0.3) is 0 Å². The molecule has 5 rings (SSSR count). The zero-order chi connectivity index (χ0) is 24.0. The third-order valence-electron chi connectivity index (χ3n) is 6.26. The van der Waals surface area contributed by atoms with E-state index in [-0.39, 0.29) is 17.3 Å². The monoisotopic (exact) mass is 477 g/mol. The van der Waals surface area contributed by atoms with Crippen LogP contribution in [0.5, 0.6) is 0 Å². The number of nitrogens with zero attached hydrogens (tertiary/aromatic N) is 4. The van der Waals surface area contributed by atoms with Crippen molar-refractivity contribution in [2.45, 2.75) is 50.6 Å². The molecule has 1 aliphatic carbocycles. The lowest BCUT2D eigenvalue weighted by atomic mass is 9.99. The molecular weight excluding hydrogens is 450 g/mol. The van der Waals surface area contributed by atoms with Gasteiger partial charge >= 0.3 is 0 Å². The molecule has 10 heteroatoms. The van der Waals surface area contributed by atoms with Gasteiger partial charge in [-0.05, 0) is 73.1 Å². The molecule has 1 aliphatic rings. The molecule has 0 spiro atoms. The summed E-state index contributed by atoms with van der Waals surface area (Å²) in [5, 5.41) is 11.8. The van der Waals surface area contributed by atoms with Crippen LogP contribution in [0, 0.1) is 19.3 Å². The van der Waals surface area contributed by atoms with Crippen LogP contribution >= 0.6 is 0 Å². The van der Waals surface area contributed by atoms with E-state index in [1.54, 1.807) is 16.8 Å². The van der Waals surface area contributed by atoms with Crippen molar-refractivity contribution in [2.24, 2.45) is 5.73 Å². The number of hydrogen-bond acceptors (Lipinski definition) is 5. The Morgan fingerprint density at radius 3 is 2.59 bits per heavy atom. The SMILES string of the molecule is Cc1cc(C(=N)N)cc(C)c1CNS(=O)(=O)c1cnn(Cc2cn3cc(C4CC4)ccc3n2)c1. The first-order chi connectivity index (χ1) is 16.2. The minimum Gasteiger partial charge on any atom is -0.384 e. The maximum Gasteiger partial charge on any atom is 0.243 e. The van der Waals surface area contributed by atoms with E-state index in [4.69, 9.17) is 11.1 Å². The highest BCUT2D eigenvalue weighted by Crippen LogP contribution is 2.39. The van der Waals surface area contributed by atoms with Crippen molar-refractivity contribution < 1.29 is 8.42 Å². The van der Waals surface area contributed by atoms with Crippen molar-refractivity contribution in [1.29, 1.82) is 5.41 Å². The number of nitrogens with two attached hydrogens (primary N) is 1. The Morgan fingerprint density at radius 1 is 1.18 bits per heavy atom. The summed E-state index contributed by atoms with van der Waals surface area (Å²) in [5.74, 6) is 0.654. The molecule has 0 amide bonds. The van der Waals surface area contributed by atoms with Crippen LogP contribution in [0.25, 0.3) is 5.65 Å². The first kappa shape index (κ1) is 22.3. The van der Waals surface area contributed by atoms with Crippen molar-refractivity contribution in [3.05, 3.63) is 82.6 Å². The lowest BCUT2D eigenvalue weighted by molar-refractivity contribution is 0.580. The number of aryl methyl sites for hydroxylation is 2. The van der Waals surface area contributed by atoms with Gasteiger partial charge < -0.3 is 10.1 Å². The van der Waals surface area contributed by atoms with Crippen molar-refractivity contribution in [3.8, 4) is 0 Å². The van der Waals surface area contributed by atoms with E-state index in [9.17, 15) is 8.42 Å². The Labute approximate surface area is 198 Å². The molecule has 1 aromatic carbocycles. The van der Waals surface area contributed by atoms with Crippen LogP contribution in [0.3, 0.4) is 0 Å². The van der Waals surface area contributed by atoms with Gasteiger partial charge in [0.1, 0.15) is 16.4 Å². The fraction of sp³-hybridized carbons (Fsp3) is 0.292. The summed E-state index contributed by atoms with van der Waals surface area (Å²) in [6.45, 7) is 4.27. The summed E-state index contributed by atoms with van der Waals surface area (Å²) in [6, 6.07) is 7.73. The molecule has 0 atom stereocenters. The van der Waals surface area contributed by atoms with E-state index in [1.165, 1.54) is 30.8 Å². The Balaban J connectivity index is 1.29. The highest BCUT2D eigenvalue weighted by molar-refractivity contribution is 7.89. The topological polar surface area (TPSA) is 131 Å². The van der Waals surface area contributed by atoms with Crippen LogP contribution in [0.1, 0.15) is 52.3 Å². The molecule has 3 heterocycles. The summed E-state index contributed by atoms with van der Waals surface area (Å²) in [7, 11) is -3.75. The molecule has 0 bridgehead atoms. The molecule has 0 aliphatic heterocycles. The average molecular weight is 478 g/mol. The van der Waals surface area contributed by atoms with Crippen LogP contribution in [-0.2, 0) is 23.1 Å². The number of fused-ring (bicyclic) bond motifs is 1. The molecule has 4 N–H and O–H groups in total. The summed E-state index contributed by atoms with van der Waals surface area (Å²) >= 11 is 0. The lowest BCUT2D eigenvalue weighted by Crippen LogP contribution is -2.24. The molecule has 0 saturated heterocycles. The smallest absolute Gasteiger partial charge is 0.243 e. The molecule has 4 aromatic rings. The Kier molecular flexibility index (Phi) is 5.49. The number of sulfonamides is 1. The van der Waals surface area contributed by atoms with Crippen LogP contribution in [-0.4, -0.2) is 33.4 Å². The van der Waals surface area contributed by atoms with Crippen molar-refractivity contribution in [2.75, 3.05) is 0 Å². The number of aromatic nitrogens is 4. The van der Waals surface area contributed by atoms with Crippen molar-refractivity contribution in [1.82, 2.24) is 23.9 Å². The molecule has 34 heavy (non-hydrogen) atoms. The summed E-state index contributed by atoms with van der Waals surface area (Å²) < 4.78 is 32.0. The molecule has 1 saturated carbocycles. The maximum atomic E-state index is 12.9. The van der Waals surface area contributed by atoms with E-state index >= 15 is 0 Å². The highest BCUT2D eigenvalue weighted by Gasteiger charge is 2.24. The number of hydrogen-bond donors (Lipinski definition) is 3. The predicted molar refractivity (Wildman–Crippen MR) is 129 cm³/mol. The van der Waals surface area contributed by atoms with Gasteiger partial charge in [0.2, 0.25) is 10.0 Å². The quantitative estimate of drug-likeness (QED) is 0.265. The van der Waals surface area contributed by atoms with E-state index in [1.807, 2.05) is 30.5 Å². The van der Waals surface area contributed by atoms with Gasteiger partial charge in [0, 0.05) is 30.7 Å². The van der Waals surface area contributed by atoms with E-state index in [2.05, 4.69) is 27.1 Å². The van der Waals surface area contributed by atoms with Gasteiger partial charge in [-0.1, -0.05) is 6.07 Å². The summed E-state index contributed by atoms with van der Waals surface area (Å²) in [4.78, 5) is 4.73. The largest absolute Gasteiger partial charge is 0.384 e. The van der Waals surface area contributed by atoms with Gasteiger partial charge in [-0.3, -0.25) is 10.1 Å². The van der Waals surface area contributed by atoms with Gasteiger partial charge in [-0.15, -0.1) is 0 Å². The average Bonchev–Trinajstić information content (AvgIpc) is 3.38. The van der Waals surface area contributed by atoms with Crippen LogP contribution in [0.4, 0.5) is 0 Å². The van der Waals surface area contributed by atoms with Crippen LogP contribution < -0.4 is 10.5 Å². The van der Waals surface area contributed by atoms with Gasteiger partial charge in [-0.2, -0.15) is 5.10 Å². The summed E-state index contributed by atoms with van der Waals surface area (Å²) in [5.41, 5.74) is 11.8. The molecule has 176 valence electrons. The first-order valence-corrected chi connectivity index (χ1v) is 12.6. The third-order valence-corrected chi connectivity index (χ3v) is 7.62.